The molecular formula is C17H19NO2. The van der Waals surface area contributed by atoms with Crippen LogP contribution in [0.1, 0.15) is 49.9 Å². The molecular weight excluding hydrogens is 250 g/mol. The van der Waals surface area contributed by atoms with Crippen molar-refractivity contribution in [1.82, 2.24) is 4.98 Å². The van der Waals surface area contributed by atoms with E-state index >= 15 is 0 Å². The molecule has 1 N–H and O–H groups in total. The SMILES string of the molecule is CC(C)(C)c1ccc2[nH]c3c(c(=O)c2c1)CC[C@@H]3C=O. The Morgan fingerprint density at radius 1 is 1.30 bits per heavy atom. The molecule has 1 aliphatic carbocycles. The Balaban J connectivity index is 2.29. The molecule has 0 bridgehead atoms. The van der Waals surface area contributed by atoms with Crippen LogP contribution in [0.25, 0.3) is 10.9 Å². The lowest BCUT2D eigenvalue weighted by molar-refractivity contribution is -0.109. The fourth-order valence-corrected chi connectivity index (χ4v) is 2.96. The number of aromatic amines is 1. The van der Waals surface area contributed by atoms with Crippen LogP contribution in [0.3, 0.4) is 0 Å². The van der Waals surface area contributed by atoms with Crippen molar-refractivity contribution in [2.24, 2.45) is 0 Å². The maximum absolute atomic E-state index is 12.6. The molecule has 20 heavy (non-hydrogen) atoms. The quantitative estimate of drug-likeness (QED) is 0.809. The molecule has 104 valence electrons. The first-order valence-corrected chi connectivity index (χ1v) is 7.06. The molecule has 0 radical (unpaired) electrons. The van der Waals surface area contributed by atoms with Gasteiger partial charge >= 0.3 is 0 Å². The van der Waals surface area contributed by atoms with E-state index in [1.54, 1.807) is 0 Å². The summed E-state index contributed by atoms with van der Waals surface area (Å²) in [6.07, 6.45) is 2.38. The van der Waals surface area contributed by atoms with Gasteiger partial charge in [0.2, 0.25) is 0 Å². The Bertz CT molecular complexity index is 750. The first-order valence-electron chi connectivity index (χ1n) is 7.06. The van der Waals surface area contributed by atoms with Crippen molar-refractivity contribution in [2.45, 2.75) is 44.9 Å². The number of H-pyrrole nitrogens is 1. The van der Waals surface area contributed by atoms with Crippen molar-refractivity contribution < 1.29 is 4.79 Å². The summed E-state index contributed by atoms with van der Waals surface area (Å²) in [4.78, 5) is 27.0. The van der Waals surface area contributed by atoms with Gasteiger partial charge in [0.05, 0.1) is 5.92 Å². The molecule has 0 unspecified atom stereocenters. The predicted octanol–water partition coefficient (Wildman–Crippen LogP) is 3.05. The molecule has 0 spiro atoms. The number of aromatic nitrogens is 1. The van der Waals surface area contributed by atoms with Crippen LogP contribution in [-0.4, -0.2) is 11.3 Å². The summed E-state index contributed by atoms with van der Waals surface area (Å²) >= 11 is 0. The summed E-state index contributed by atoms with van der Waals surface area (Å²) < 4.78 is 0. The van der Waals surface area contributed by atoms with E-state index in [1.807, 2.05) is 12.1 Å². The molecule has 0 aliphatic heterocycles. The summed E-state index contributed by atoms with van der Waals surface area (Å²) in [5.74, 6) is -0.149. The normalized spacial score (nSPS) is 18.2. The lowest BCUT2D eigenvalue weighted by Gasteiger charge is -2.19. The molecule has 1 aromatic heterocycles. The number of benzene rings is 1. The highest BCUT2D eigenvalue weighted by Gasteiger charge is 2.26. The van der Waals surface area contributed by atoms with Crippen LogP contribution in [0.2, 0.25) is 0 Å². The van der Waals surface area contributed by atoms with Crippen molar-refractivity contribution in [3.05, 3.63) is 45.2 Å². The van der Waals surface area contributed by atoms with Crippen LogP contribution >= 0.6 is 0 Å². The van der Waals surface area contributed by atoms with E-state index < -0.39 is 0 Å². The van der Waals surface area contributed by atoms with Gasteiger partial charge < -0.3 is 9.78 Å². The molecule has 3 nitrogen and oxygen atoms in total. The van der Waals surface area contributed by atoms with Gasteiger partial charge in [-0.3, -0.25) is 4.79 Å². The molecule has 1 atom stereocenters. The molecule has 1 aliphatic rings. The van der Waals surface area contributed by atoms with Crippen molar-refractivity contribution >= 4 is 17.2 Å². The van der Waals surface area contributed by atoms with Crippen LogP contribution in [0.4, 0.5) is 0 Å². The van der Waals surface area contributed by atoms with E-state index in [0.717, 1.165) is 40.4 Å². The summed E-state index contributed by atoms with van der Waals surface area (Å²) in [5, 5.41) is 0.739. The largest absolute Gasteiger partial charge is 0.357 e. The summed E-state index contributed by atoms with van der Waals surface area (Å²) in [6, 6.07) is 6.00. The average molecular weight is 269 g/mol. The standard InChI is InChI=1S/C17H19NO2/c1-17(2,3)11-5-7-14-13(8-11)16(20)12-6-4-10(9-19)15(12)18-14/h5,7-10H,4,6H2,1-3H3,(H,18,20)/t10-/m1/s1. The highest BCUT2D eigenvalue weighted by atomic mass is 16.1. The van der Waals surface area contributed by atoms with Gasteiger partial charge in [-0.05, 0) is 36.0 Å². The first-order chi connectivity index (χ1) is 9.41. The fraction of sp³-hybridized carbons (Fsp3) is 0.412. The fourth-order valence-electron chi connectivity index (χ4n) is 2.96. The lowest BCUT2D eigenvalue weighted by atomic mass is 9.86. The lowest BCUT2D eigenvalue weighted by Crippen LogP contribution is -2.15. The Kier molecular flexibility index (Phi) is 2.82. The second kappa shape index (κ2) is 4.30. The average Bonchev–Trinajstić information content (AvgIpc) is 2.80. The minimum atomic E-state index is -0.149. The van der Waals surface area contributed by atoms with Crippen molar-refractivity contribution in [3.63, 3.8) is 0 Å². The van der Waals surface area contributed by atoms with Gasteiger partial charge in [-0.2, -0.15) is 0 Å². The molecule has 0 amide bonds. The summed E-state index contributed by atoms with van der Waals surface area (Å²) in [7, 11) is 0. The Hall–Kier alpha value is -1.90. The molecule has 3 rings (SSSR count). The monoisotopic (exact) mass is 269 g/mol. The Morgan fingerprint density at radius 3 is 2.70 bits per heavy atom. The molecule has 0 saturated carbocycles. The van der Waals surface area contributed by atoms with Gasteiger partial charge in [0.1, 0.15) is 6.29 Å². The topological polar surface area (TPSA) is 49.9 Å². The van der Waals surface area contributed by atoms with Crippen LogP contribution in [0.15, 0.2) is 23.0 Å². The zero-order valence-electron chi connectivity index (χ0n) is 12.1. The van der Waals surface area contributed by atoms with Gasteiger partial charge in [0.15, 0.2) is 5.43 Å². The van der Waals surface area contributed by atoms with Crippen molar-refractivity contribution in [1.29, 1.82) is 0 Å². The van der Waals surface area contributed by atoms with Gasteiger partial charge in [-0.1, -0.05) is 26.8 Å². The smallest absolute Gasteiger partial charge is 0.192 e. The van der Waals surface area contributed by atoms with Crippen LogP contribution in [-0.2, 0) is 16.6 Å². The van der Waals surface area contributed by atoms with Crippen LogP contribution in [0.5, 0.6) is 0 Å². The number of carbonyl (C=O) groups excluding carboxylic acids is 1. The van der Waals surface area contributed by atoms with E-state index in [2.05, 4.69) is 31.8 Å². The zero-order chi connectivity index (χ0) is 14.5. The van der Waals surface area contributed by atoms with Crippen molar-refractivity contribution in [3.8, 4) is 0 Å². The minimum Gasteiger partial charge on any atom is -0.357 e. The molecule has 1 heterocycles. The minimum absolute atomic E-state index is 0.0188. The number of carbonyl (C=O) groups is 1. The highest BCUT2D eigenvalue weighted by molar-refractivity contribution is 5.82. The van der Waals surface area contributed by atoms with Gasteiger partial charge in [0.25, 0.3) is 0 Å². The number of rotatable bonds is 1. The van der Waals surface area contributed by atoms with E-state index in [1.165, 1.54) is 0 Å². The van der Waals surface area contributed by atoms with Gasteiger partial charge in [0, 0.05) is 22.2 Å². The van der Waals surface area contributed by atoms with E-state index in [0.29, 0.717) is 6.42 Å². The third-order valence-corrected chi connectivity index (χ3v) is 4.24. The number of hydrogen-bond acceptors (Lipinski definition) is 2. The molecule has 0 saturated heterocycles. The predicted molar refractivity (Wildman–Crippen MR) is 80.4 cm³/mol. The number of aldehydes is 1. The Labute approximate surface area is 118 Å². The van der Waals surface area contributed by atoms with Gasteiger partial charge in [-0.25, -0.2) is 0 Å². The van der Waals surface area contributed by atoms with Crippen LogP contribution < -0.4 is 5.43 Å². The second-order valence-corrected chi connectivity index (χ2v) is 6.64. The second-order valence-electron chi connectivity index (χ2n) is 6.64. The molecule has 0 fully saturated rings. The third-order valence-electron chi connectivity index (χ3n) is 4.24. The molecule has 3 heteroatoms. The Morgan fingerprint density at radius 2 is 2.05 bits per heavy atom. The molecule has 2 aromatic rings. The van der Waals surface area contributed by atoms with E-state index in [9.17, 15) is 9.59 Å². The van der Waals surface area contributed by atoms with Crippen molar-refractivity contribution in [2.75, 3.05) is 0 Å². The number of pyridine rings is 1. The first kappa shape index (κ1) is 13.1. The maximum atomic E-state index is 12.6. The number of nitrogens with one attached hydrogen (secondary N) is 1. The number of hydrogen-bond donors (Lipinski definition) is 1. The van der Waals surface area contributed by atoms with E-state index in [4.69, 9.17) is 0 Å². The summed E-state index contributed by atoms with van der Waals surface area (Å²) in [6.45, 7) is 6.41. The summed E-state index contributed by atoms with van der Waals surface area (Å²) in [5.41, 5.74) is 3.70. The number of fused-ring (bicyclic) bond motifs is 2. The molecule has 1 aromatic carbocycles. The zero-order valence-corrected chi connectivity index (χ0v) is 12.1. The maximum Gasteiger partial charge on any atom is 0.192 e. The third kappa shape index (κ3) is 1.89. The van der Waals surface area contributed by atoms with E-state index in [-0.39, 0.29) is 16.8 Å². The van der Waals surface area contributed by atoms with Gasteiger partial charge in [-0.15, -0.1) is 0 Å². The van der Waals surface area contributed by atoms with Crippen LogP contribution in [0, 0.1) is 0 Å². The highest BCUT2D eigenvalue weighted by Crippen LogP contribution is 2.31.